The van der Waals surface area contributed by atoms with Crippen molar-refractivity contribution in [3.8, 4) is 0 Å². The first-order valence-corrected chi connectivity index (χ1v) is 12.3. The highest BCUT2D eigenvalue weighted by molar-refractivity contribution is 7.71. The fraction of sp³-hybridized carbons (Fsp3) is 0.632. The number of fused-ring (bicyclic) bond motifs is 1. The molecule has 7 atom stereocenters. The number of halogens is 1. The molecule has 1 aliphatic rings. The quantitative estimate of drug-likeness (QED) is 0.211. The Hall–Kier alpha value is -1.57. The third kappa shape index (κ3) is 4.96. The summed E-state index contributed by atoms with van der Waals surface area (Å²) >= 11 is 5.21. The van der Waals surface area contributed by atoms with Gasteiger partial charge in [-0.05, 0) is 39.4 Å². The summed E-state index contributed by atoms with van der Waals surface area (Å²) in [6.45, 7) is 5.64. The molecule has 1 fully saturated rings. The van der Waals surface area contributed by atoms with Crippen molar-refractivity contribution in [1.82, 2.24) is 14.5 Å². The van der Waals surface area contributed by atoms with Gasteiger partial charge in [-0.25, -0.2) is 4.98 Å². The Kier molecular flexibility index (Phi) is 7.29. The van der Waals surface area contributed by atoms with Gasteiger partial charge in [-0.2, -0.15) is 4.39 Å². The summed E-state index contributed by atoms with van der Waals surface area (Å²) in [6.07, 6.45) is -3.80. The molecule has 2 aromatic rings. The fourth-order valence-corrected chi connectivity index (χ4v) is 4.84. The Morgan fingerprint density at radius 1 is 1.45 bits per heavy atom. The number of aromatic amines is 1. The number of rotatable bonds is 7. The summed E-state index contributed by atoms with van der Waals surface area (Å²) in [7, 11) is -4.36. The molecule has 4 unspecified atom stereocenters. The van der Waals surface area contributed by atoms with Crippen LogP contribution in [-0.4, -0.2) is 64.5 Å². The number of aliphatic hydroxyl groups excluding tert-OH is 3. The van der Waals surface area contributed by atoms with Gasteiger partial charge in [-0.15, -0.1) is 0 Å². The largest absolute Gasteiger partial charge is 0.388 e. The molecule has 1 saturated heterocycles. The minimum Gasteiger partial charge on any atom is -0.388 e. The van der Waals surface area contributed by atoms with E-state index in [0.717, 1.165) is 6.92 Å². The van der Waals surface area contributed by atoms with Crippen molar-refractivity contribution < 1.29 is 38.4 Å². The zero-order valence-electron chi connectivity index (χ0n) is 18.4. The van der Waals surface area contributed by atoms with E-state index in [1.807, 2.05) is 0 Å². The van der Waals surface area contributed by atoms with Crippen LogP contribution in [0.25, 0.3) is 11.0 Å². The van der Waals surface area contributed by atoms with Gasteiger partial charge in [0.15, 0.2) is 23.4 Å². The summed E-state index contributed by atoms with van der Waals surface area (Å²) < 4.78 is 38.2. The van der Waals surface area contributed by atoms with Crippen molar-refractivity contribution in [2.45, 2.75) is 76.5 Å². The molecule has 184 valence electrons. The number of nitrogens with one attached hydrogen (secondary N) is 1. The van der Waals surface area contributed by atoms with Crippen molar-refractivity contribution in [2.24, 2.45) is 0 Å². The van der Waals surface area contributed by atoms with Crippen LogP contribution in [0.1, 0.15) is 45.4 Å². The monoisotopic (exact) mass is 507 g/mol. The second-order valence-electron chi connectivity index (χ2n) is 8.43. The Morgan fingerprint density at radius 2 is 2.09 bits per heavy atom. The van der Waals surface area contributed by atoms with Crippen molar-refractivity contribution in [3.05, 3.63) is 32.7 Å². The van der Waals surface area contributed by atoms with Crippen LogP contribution in [0.15, 0.2) is 11.0 Å². The van der Waals surface area contributed by atoms with Crippen LogP contribution < -0.4 is 5.43 Å². The van der Waals surface area contributed by atoms with Crippen LogP contribution >= 0.6 is 19.8 Å². The van der Waals surface area contributed by atoms with Crippen molar-refractivity contribution >= 4 is 30.8 Å². The Morgan fingerprint density at radius 3 is 2.67 bits per heavy atom. The van der Waals surface area contributed by atoms with E-state index >= 15 is 0 Å². The van der Waals surface area contributed by atoms with Crippen molar-refractivity contribution in [1.29, 1.82) is 0 Å². The molecule has 14 heteroatoms. The number of pyridine rings is 1. The Bertz CT molecular complexity index is 1220. The molecule has 0 bridgehead atoms. The fourth-order valence-electron chi connectivity index (χ4n) is 3.60. The van der Waals surface area contributed by atoms with Crippen LogP contribution in [0.2, 0.25) is 0 Å². The molecule has 0 aliphatic carbocycles. The lowest BCUT2D eigenvalue weighted by atomic mass is 9.93. The molecule has 3 heterocycles. The van der Waals surface area contributed by atoms with Gasteiger partial charge in [0.05, 0.1) is 22.7 Å². The molecular formula is C19H27FN3O8PS. The van der Waals surface area contributed by atoms with E-state index in [2.05, 4.69) is 9.97 Å². The summed E-state index contributed by atoms with van der Waals surface area (Å²) in [5.74, 6) is -2.46. The molecule has 0 aromatic carbocycles. The highest BCUT2D eigenvalue weighted by Gasteiger charge is 2.48. The number of hydrogen-bond donors (Lipinski definition) is 5. The lowest BCUT2D eigenvalue weighted by molar-refractivity contribution is -0.0685. The molecule has 0 amide bonds. The second kappa shape index (κ2) is 9.23. The number of nitrogens with zero attached hydrogens (tertiary/aromatic N) is 2. The van der Waals surface area contributed by atoms with Crippen molar-refractivity contribution in [2.75, 3.05) is 0 Å². The molecule has 1 aliphatic heterocycles. The highest BCUT2D eigenvalue weighted by Crippen LogP contribution is 2.52. The van der Waals surface area contributed by atoms with Gasteiger partial charge in [-0.1, -0.05) is 6.92 Å². The van der Waals surface area contributed by atoms with Crippen LogP contribution in [-0.2, 0) is 13.8 Å². The molecule has 5 N–H and O–H groups in total. The number of hydrogen-bond acceptors (Lipinski definition) is 9. The first-order valence-electron chi connectivity index (χ1n) is 10.2. The summed E-state index contributed by atoms with van der Waals surface area (Å²) in [5, 5.41) is 30.8. The number of H-pyrrole nitrogens is 1. The SMILES string of the molecule is CCC(C)(C[C@H]1O[C@@H](n2cc3c(=O)c(C)c(F)[nH]c3nc2=S)[C@@H](O)C1O)OP(=O)(O)C(C)O. The molecule has 0 spiro atoms. The van der Waals surface area contributed by atoms with E-state index in [9.17, 15) is 34.0 Å². The topological polar surface area (TPSA) is 167 Å². The predicted octanol–water partition coefficient (Wildman–Crippen LogP) is 1.62. The normalized spacial score (nSPS) is 27.9. The molecule has 3 rings (SSSR count). The first kappa shape index (κ1) is 26.0. The smallest absolute Gasteiger partial charge is 0.356 e. The maximum absolute atomic E-state index is 13.9. The molecule has 0 radical (unpaired) electrons. The van der Waals surface area contributed by atoms with E-state index in [1.165, 1.54) is 24.6 Å². The van der Waals surface area contributed by atoms with Crippen LogP contribution in [0, 0.1) is 17.6 Å². The molecule has 33 heavy (non-hydrogen) atoms. The second-order valence-corrected chi connectivity index (χ2v) is 10.9. The van der Waals surface area contributed by atoms with E-state index in [-0.39, 0.29) is 34.2 Å². The molecule has 2 aromatic heterocycles. The average Bonchev–Trinajstić information content (AvgIpc) is 2.99. The maximum Gasteiger partial charge on any atom is 0.356 e. The van der Waals surface area contributed by atoms with E-state index in [4.69, 9.17) is 21.5 Å². The molecular weight excluding hydrogens is 480 g/mol. The van der Waals surface area contributed by atoms with Crippen LogP contribution in [0.4, 0.5) is 4.39 Å². The van der Waals surface area contributed by atoms with Gasteiger partial charge >= 0.3 is 7.60 Å². The summed E-state index contributed by atoms with van der Waals surface area (Å²) in [5.41, 5.74) is -2.12. The maximum atomic E-state index is 13.9. The average molecular weight is 507 g/mol. The highest BCUT2D eigenvalue weighted by atomic mass is 32.1. The van der Waals surface area contributed by atoms with Gasteiger partial charge in [-0.3, -0.25) is 13.9 Å². The lowest BCUT2D eigenvalue weighted by Gasteiger charge is -2.34. The number of ether oxygens (including phenoxy) is 1. The van der Waals surface area contributed by atoms with Crippen LogP contribution in [0.5, 0.6) is 0 Å². The van der Waals surface area contributed by atoms with Gasteiger partial charge in [0, 0.05) is 12.6 Å². The van der Waals surface area contributed by atoms with E-state index < -0.39 is 55.0 Å². The Labute approximate surface area is 193 Å². The zero-order chi connectivity index (χ0) is 24.9. The zero-order valence-corrected chi connectivity index (χ0v) is 20.1. The standard InChI is InChI=1S/C19H27FN3O8PS/c1-5-19(4,31-32(28,29)9(3)24)6-11-13(26)14(27)17(30-11)23-7-10-12(25)8(2)15(20)21-16(10)22-18(23)33/h7,9,11,13-14,17,24,26-27H,5-6H2,1-4H3,(H,28,29)(H,21,22,33)/t9?,11-,13?,14+,17-,19?/m1/s1. The minimum atomic E-state index is -4.36. The summed E-state index contributed by atoms with van der Waals surface area (Å²) in [6, 6.07) is 0. The van der Waals surface area contributed by atoms with Gasteiger partial charge in [0.2, 0.25) is 4.77 Å². The number of aromatic nitrogens is 3. The summed E-state index contributed by atoms with van der Waals surface area (Å²) in [4.78, 5) is 28.8. The minimum absolute atomic E-state index is 0.0103. The third-order valence-corrected chi connectivity index (χ3v) is 7.86. The van der Waals surface area contributed by atoms with E-state index in [1.54, 1.807) is 6.92 Å². The van der Waals surface area contributed by atoms with Crippen LogP contribution in [0.3, 0.4) is 0 Å². The predicted molar refractivity (Wildman–Crippen MR) is 118 cm³/mol. The Balaban J connectivity index is 1.94. The molecule has 0 saturated carbocycles. The van der Waals surface area contributed by atoms with Gasteiger partial charge in [0.25, 0.3) is 0 Å². The van der Waals surface area contributed by atoms with Crippen molar-refractivity contribution in [3.63, 3.8) is 0 Å². The lowest BCUT2D eigenvalue weighted by Crippen LogP contribution is -2.39. The number of aliphatic hydroxyl groups is 3. The van der Waals surface area contributed by atoms with Gasteiger partial charge in [0.1, 0.15) is 17.9 Å². The third-order valence-electron chi connectivity index (χ3n) is 5.91. The first-order chi connectivity index (χ1) is 15.2. The van der Waals surface area contributed by atoms with E-state index in [0.29, 0.717) is 0 Å². The molecule has 11 nitrogen and oxygen atoms in total. The van der Waals surface area contributed by atoms with Gasteiger partial charge < -0.3 is 34.5 Å².